The number of piperidine rings is 1. The van der Waals surface area contributed by atoms with Crippen LogP contribution < -0.4 is 0 Å². The fourth-order valence-corrected chi connectivity index (χ4v) is 2.55. The third-order valence-corrected chi connectivity index (χ3v) is 4.01. The van der Waals surface area contributed by atoms with E-state index in [4.69, 9.17) is 0 Å². The number of thioether (sulfide) groups is 1. The van der Waals surface area contributed by atoms with Crippen LogP contribution >= 0.6 is 11.8 Å². The summed E-state index contributed by atoms with van der Waals surface area (Å²) in [6, 6.07) is 0. The molecule has 92 valence electrons. The minimum Gasteiger partial charge on any atom is -0.481 e. The van der Waals surface area contributed by atoms with Crippen molar-refractivity contribution in [2.24, 2.45) is 5.41 Å². The molecule has 0 aromatic carbocycles. The summed E-state index contributed by atoms with van der Waals surface area (Å²) in [7, 11) is 0. The topological polar surface area (TPSA) is 57.6 Å². The lowest BCUT2D eigenvalue weighted by atomic mass is 9.76. The number of carboxylic acids is 1. The molecule has 1 aliphatic heterocycles. The number of carbonyl (C=O) groups is 2. The predicted molar refractivity (Wildman–Crippen MR) is 64.6 cm³/mol. The quantitative estimate of drug-likeness (QED) is 0.814. The number of carbonyl (C=O) groups excluding carboxylic acids is 1. The molecule has 0 atom stereocenters. The van der Waals surface area contributed by atoms with Crippen molar-refractivity contribution in [3.05, 3.63) is 0 Å². The van der Waals surface area contributed by atoms with Gasteiger partial charge in [-0.25, -0.2) is 0 Å². The number of nitrogens with zero attached hydrogens (tertiary/aromatic N) is 1. The van der Waals surface area contributed by atoms with Crippen molar-refractivity contribution in [3.8, 4) is 0 Å². The first-order valence-electron chi connectivity index (χ1n) is 5.56. The van der Waals surface area contributed by atoms with Gasteiger partial charge >= 0.3 is 5.97 Å². The molecule has 1 amide bonds. The number of hydrogen-bond acceptors (Lipinski definition) is 3. The Labute approximate surface area is 100 Å². The molecule has 0 bridgehead atoms. The molecule has 1 rings (SSSR count). The molecular formula is C11H19NO3S. The first kappa shape index (κ1) is 13.4. The molecule has 16 heavy (non-hydrogen) atoms. The maximum atomic E-state index is 11.6. The van der Waals surface area contributed by atoms with E-state index in [1.54, 1.807) is 4.90 Å². The second-order valence-corrected chi connectivity index (χ2v) is 5.12. The molecule has 1 saturated heterocycles. The van der Waals surface area contributed by atoms with Crippen molar-refractivity contribution in [2.45, 2.75) is 26.2 Å². The molecule has 4 nitrogen and oxygen atoms in total. The van der Waals surface area contributed by atoms with Crippen molar-refractivity contribution < 1.29 is 14.7 Å². The van der Waals surface area contributed by atoms with Gasteiger partial charge in [-0.2, -0.15) is 11.8 Å². The normalized spacial score (nSPS) is 19.5. The Kier molecular flexibility index (Phi) is 4.65. The van der Waals surface area contributed by atoms with Gasteiger partial charge in [-0.3, -0.25) is 9.59 Å². The molecule has 1 N–H and O–H groups in total. The van der Waals surface area contributed by atoms with E-state index in [9.17, 15) is 14.7 Å². The Morgan fingerprint density at radius 2 is 1.94 bits per heavy atom. The van der Waals surface area contributed by atoms with E-state index in [0.29, 0.717) is 38.1 Å². The van der Waals surface area contributed by atoms with Crippen LogP contribution in [-0.4, -0.2) is 47.0 Å². The fourth-order valence-electron chi connectivity index (χ4n) is 2.12. The molecule has 0 radical (unpaired) electrons. The Balaban J connectivity index is 2.56. The van der Waals surface area contributed by atoms with Gasteiger partial charge in [0, 0.05) is 13.1 Å². The number of aliphatic carboxylic acids is 1. The number of hydrogen-bond donors (Lipinski definition) is 1. The number of amides is 1. The van der Waals surface area contributed by atoms with Gasteiger partial charge in [0.05, 0.1) is 11.2 Å². The molecule has 1 fully saturated rings. The maximum Gasteiger partial charge on any atom is 0.309 e. The van der Waals surface area contributed by atoms with E-state index < -0.39 is 11.4 Å². The zero-order valence-corrected chi connectivity index (χ0v) is 10.7. The van der Waals surface area contributed by atoms with Crippen LogP contribution in [0.3, 0.4) is 0 Å². The van der Waals surface area contributed by atoms with Crippen LogP contribution in [0.15, 0.2) is 0 Å². The van der Waals surface area contributed by atoms with Gasteiger partial charge in [0.2, 0.25) is 5.91 Å². The molecule has 0 spiro atoms. The van der Waals surface area contributed by atoms with Crippen LogP contribution in [0.2, 0.25) is 0 Å². The van der Waals surface area contributed by atoms with Crippen LogP contribution in [0.5, 0.6) is 0 Å². The first-order valence-corrected chi connectivity index (χ1v) is 6.95. The van der Waals surface area contributed by atoms with Gasteiger partial charge < -0.3 is 10.0 Å². The first-order chi connectivity index (χ1) is 7.55. The number of rotatable bonds is 4. The van der Waals surface area contributed by atoms with Crippen LogP contribution in [0.1, 0.15) is 26.2 Å². The van der Waals surface area contributed by atoms with Crippen molar-refractivity contribution in [1.29, 1.82) is 0 Å². The minimum absolute atomic E-state index is 0.127. The number of carboxylic acid groups (broad SMARTS) is 1. The summed E-state index contributed by atoms with van der Waals surface area (Å²) < 4.78 is 0. The SMILES string of the molecule is CCC1(C(=O)O)CCN(C(=O)CSC)CC1. The van der Waals surface area contributed by atoms with Gasteiger partial charge in [0.1, 0.15) is 0 Å². The molecule has 0 aliphatic carbocycles. The lowest BCUT2D eigenvalue weighted by Crippen LogP contribution is -2.46. The van der Waals surface area contributed by atoms with Gasteiger partial charge in [-0.15, -0.1) is 0 Å². The third kappa shape index (κ3) is 2.70. The highest BCUT2D eigenvalue weighted by atomic mass is 32.2. The summed E-state index contributed by atoms with van der Waals surface area (Å²) in [5.74, 6) is -0.0961. The van der Waals surface area contributed by atoms with E-state index in [-0.39, 0.29) is 5.91 Å². The zero-order valence-electron chi connectivity index (χ0n) is 9.86. The molecule has 0 aromatic rings. The van der Waals surface area contributed by atoms with Crippen molar-refractivity contribution in [1.82, 2.24) is 4.90 Å². The molecule has 5 heteroatoms. The van der Waals surface area contributed by atoms with Crippen LogP contribution in [0, 0.1) is 5.41 Å². The van der Waals surface area contributed by atoms with Gasteiger partial charge in [-0.05, 0) is 25.5 Å². The summed E-state index contributed by atoms with van der Waals surface area (Å²) in [6.45, 7) is 3.08. The van der Waals surface area contributed by atoms with Gasteiger partial charge in [-0.1, -0.05) is 6.92 Å². The summed E-state index contributed by atoms with van der Waals surface area (Å²) in [5, 5.41) is 9.21. The zero-order chi connectivity index (χ0) is 12.2. The van der Waals surface area contributed by atoms with E-state index in [2.05, 4.69) is 0 Å². The van der Waals surface area contributed by atoms with E-state index in [1.165, 1.54) is 11.8 Å². The lowest BCUT2D eigenvalue weighted by molar-refractivity contribution is -0.154. The van der Waals surface area contributed by atoms with E-state index in [0.717, 1.165) is 0 Å². The highest BCUT2D eigenvalue weighted by Crippen LogP contribution is 2.35. The summed E-state index contributed by atoms with van der Waals surface area (Å²) in [5.41, 5.74) is -0.601. The molecule has 1 aliphatic rings. The van der Waals surface area contributed by atoms with Gasteiger partial charge in [0.15, 0.2) is 0 Å². The number of likely N-dealkylation sites (tertiary alicyclic amines) is 1. The Hall–Kier alpha value is -0.710. The summed E-state index contributed by atoms with van der Waals surface area (Å²) in [6.07, 6.45) is 3.71. The Morgan fingerprint density at radius 3 is 2.31 bits per heavy atom. The molecule has 0 aromatic heterocycles. The average molecular weight is 245 g/mol. The second-order valence-electron chi connectivity index (χ2n) is 4.25. The smallest absolute Gasteiger partial charge is 0.309 e. The average Bonchev–Trinajstić information content (AvgIpc) is 2.29. The Bertz CT molecular complexity index is 272. The highest BCUT2D eigenvalue weighted by molar-refractivity contribution is 7.99. The minimum atomic E-state index is -0.716. The van der Waals surface area contributed by atoms with Crippen molar-refractivity contribution >= 4 is 23.6 Å². The standard InChI is InChI=1S/C11H19NO3S/c1-3-11(10(14)15)4-6-12(7-5-11)9(13)8-16-2/h3-8H2,1-2H3,(H,14,15). The maximum absolute atomic E-state index is 11.6. The lowest BCUT2D eigenvalue weighted by Gasteiger charge is -2.38. The monoisotopic (exact) mass is 245 g/mol. The molecule has 0 saturated carbocycles. The van der Waals surface area contributed by atoms with Crippen LogP contribution in [0.4, 0.5) is 0 Å². The fraction of sp³-hybridized carbons (Fsp3) is 0.818. The van der Waals surface area contributed by atoms with Crippen molar-refractivity contribution in [2.75, 3.05) is 25.1 Å². The molecule has 1 heterocycles. The second kappa shape index (κ2) is 5.57. The predicted octanol–water partition coefficient (Wildman–Crippen LogP) is 1.45. The Morgan fingerprint density at radius 1 is 1.38 bits per heavy atom. The van der Waals surface area contributed by atoms with Gasteiger partial charge in [0.25, 0.3) is 0 Å². The van der Waals surface area contributed by atoms with Crippen molar-refractivity contribution in [3.63, 3.8) is 0 Å². The molecule has 0 unspecified atom stereocenters. The van der Waals surface area contributed by atoms with Crippen LogP contribution in [0.25, 0.3) is 0 Å². The van der Waals surface area contributed by atoms with E-state index in [1.807, 2.05) is 13.2 Å². The van der Waals surface area contributed by atoms with E-state index >= 15 is 0 Å². The van der Waals surface area contributed by atoms with Crippen LogP contribution in [-0.2, 0) is 9.59 Å². The largest absolute Gasteiger partial charge is 0.481 e. The third-order valence-electron chi connectivity index (χ3n) is 3.47. The summed E-state index contributed by atoms with van der Waals surface area (Å²) >= 11 is 1.51. The molecular weight excluding hydrogens is 226 g/mol. The highest BCUT2D eigenvalue weighted by Gasteiger charge is 2.40. The summed E-state index contributed by atoms with van der Waals surface area (Å²) in [4.78, 5) is 24.6.